The molecule has 0 saturated carbocycles. The maximum absolute atomic E-state index is 12.2. The van der Waals surface area contributed by atoms with E-state index in [1.165, 1.54) is 25.3 Å². The van der Waals surface area contributed by atoms with Gasteiger partial charge in [0.15, 0.2) is 0 Å². The first kappa shape index (κ1) is 14.0. The Morgan fingerprint density at radius 2 is 2.05 bits per heavy atom. The average molecular weight is 296 g/mol. The first-order valence-corrected chi connectivity index (χ1v) is 7.01. The highest BCUT2D eigenvalue weighted by atomic mass is 32.2. The first-order valence-electron chi connectivity index (χ1n) is 5.53. The van der Waals surface area contributed by atoms with Gasteiger partial charge in [-0.2, -0.15) is 4.98 Å². The molecule has 0 amide bonds. The molecule has 1 heterocycles. The van der Waals surface area contributed by atoms with Crippen molar-refractivity contribution in [3.63, 3.8) is 0 Å². The Morgan fingerprint density at radius 1 is 1.35 bits per heavy atom. The molecular formula is C11H12N4O4S. The van der Waals surface area contributed by atoms with Crippen molar-refractivity contribution in [3.05, 3.63) is 35.7 Å². The third kappa shape index (κ3) is 2.77. The SMILES string of the molecule is COC(=O)c1ccccc1S(=O)(=O)Nc1n[nH]c(C)n1. The molecule has 0 radical (unpaired) electrons. The second kappa shape index (κ2) is 5.29. The minimum Gasteiger partial charge on any atom is -0.465 e. The molecule has 9 heteroatoms. The van der Waals surface area contributed by atoms with E-state index in [1.54, 1.807) is 13.0 Å². The van der Waals surface area contributed by atoms with Gasteiger partial charge in [-0.05, 0) is 19.1 Å². The monoisotopic (exact) mass is 296 g/mol. The van der Waals surface area contributed by atoms with E-state index in [4.69, 9.17) is 0 Å². The number of hydrogen-bond acceptors (Lipinski definition) is 6. The minimum absolute atomic E-state index is 0.0604. The average Bonchev–Trinajstić information content (AvgIpc) is 2.82. The van der Waals surface area contributed by atoms with Gasteiger partial charge in [0.25, 0.3) is 16.0 Å². The van der Waals surface area contributed by atoms with Crippen molar-refractivity contribution in [2.45, 2.75) is 11.8 Å². The Kier molecular flexibility index (Phi) is 3.70. The molecule has 2 N–H and O–H groups in total. The van der Waals surface area contributed by atoms with Crippen LogP contribution in [0.2, 0.25) is 0 Å². The van der Waals surface area contributed by atoms with Crippen LogP contribution in [0.1, 0.15) is 16.2 Å². The summed E-state index contributed by atoms with van der Waals surface area (Å²) in [6, 6.07) is 5.71. The van der Waals surface area contributed by atoms with Crippen LogP contribution in [-0.2, 0) is 14.8 Å². The van der Waals surface area contributed by atoms with E-state index in [9.17, 15) is 13.2 Å². The van der Waals surface area contributed by atoms with Crippen LogP contribution < -0.4 is 4.72 Å². The van der Waals surface area contributed by atoms with E-state index in [0.29, 0.717) is 5.82 Å². The topological polar surface area (TPSA) is 114 Å². The van der Waals surface area contributed by atoms with Crippen molar-refractivity contribution >= 4 is 21.9 Å². The highest BCUT2D eigenvalue weighted by Crippen LogP contribution is 2.18. The van der Waals surface area contributed by atoms with E-state index in [0.717, 1.165) is 0 Å². The lowest BCUT2D eigenvalue weighted by Gasteiger charge is -2.08. The number of aromatic nitrogens is 3. The third-order valence-electron chi connectivity index (χ3n) is 2.40. The molecule has 8 nitrogen and oxygen atoms in total. The number of nitrogens with zero attached hydrogens (tertiary/aromatic N) is 2. The van der Waals surface area contributed by atoms with Gasteiger partial charge in [-0.3, -0.25) is 5.10 Å². The number of methoxy groups -OCH3 is 1. The second-order valence-electron chi connectivity index (χ2n) is 3.84. The Balaban J connectivity index is 2.42. The fourth-order valence-electron chi connectivity index (χ4n) is 1.54. The Bertz CT molecular complexity index is 738. The summed E-state index contributed by atoms with van der Waals surface area (Å²) in [5.41, 5.74) is -0.0604. The number of hydrogen-bond donors (Lipinski definition) is 2. The number of benzene rings is 1. The lowest BCUT2D eigenvalue weighted by atomic mass is 10.2. The number of H-pyrrole nitrogens is 1. The summed E-state index contributed by atoms with van der Waals surface area (Å²) in [7, 11) is -2.80. The number of anilines is 1. The number of aromatic amines is 1. The molecule has 0 atom stereocenters. The molecule has 1 aromatic carbocycles. The second-order valence-corrected chi connectivity index (χ2v) is 5.49. The van der Waals surface area contributed by atoms with Crippen LogP contribution in [0, 0.1) is 6.92 Å². The van der Waals surface area contributed by atoms with Crippen molar-refractivity contribution < 1.29 is 17.9 Å². The van der Waals surface area contributed by atoms with Gasteiger partial charge in [0.1, 0.15) is 10.7 Å². The Labute approximate surface area is 115 Å². The van der Waals surface area contributed by atoms with Crippen LogP contribution in [-0.4, -0.2) is 36.7 Å². The summed E-state index contributed by atoms with van der Waals surface area (Å²) < 4.78 is 31.2. The largest absolute Gasteiger partial charge is 0.465 e. The van der Waals surface area contributed by atoms with Crippen molar-refractivity contribution in [1.29, 1.82) is 0 Å². The lowest BCUT2D eigenvalue weighted by molar-refractivity contribution is 0.0596. The summed E-state index contributed by atoms with van der Waals surface area (Å²) in [6.07, 6.45) is 0. The molecule has 0 bridgehead atoms. The van der Waals surface area contributed by atoms with Crippen LogP contribution in [0.3, 0.4) is 0 Å². The molecule has 0 aliphatic heterocycles. The highest BCUT2D eigenvalue weighted by molar-refractivity contribution is 7.92. The van der Waals surface area contributed by atoms with Gasteiger partial charge in [0.05, 0.1) is 12.7 Å². The zero-order valence-corrected chi connectivity index (χ0v) is 11.6. The zero-order chi connectivity index (χ0) is 14.8. The van der Waals surface area contributed by atoms with Gasteiger partial charge >= 0.3 is 5.97 Å². The summed E-state index contributed by atoms with van der Waals surface area (Å²) in [4.78, 5) is 15.2. The number of esters is 1. The zero-order valence-electron chi connectivity index (χ0n) is 10.7. The van der Waals surface area contributed by atoms with E-state index >= 15 is 0 Å². The van der Waals surface area contributed by atoms with Gasteiger partial charge in [0.2, 0.25) is 0 Å². The van der Waals surface area contributed by atoms with Gasteiger partial charge in [-0.25, -0.2) is 17.9 Å². The number of sulfonamides is 1. The standard InChI is InChI=1S/C11H12N4O4S/c1-7-12-11(14-13-7)15-20(17,18)9-6-4-3-5-8(9)10(16)19-2/h3-6H,1-2H3,(H2,12,13,14,15). The summed E-state index contributed by atoms with van der Waals surface area (Å²) in [5.74, 6) is -0.372. The number of ether oxygens (including phenoxy) is 1. The van der Waals surface area contributed by atoms with Crippen LogP contribution in [0.15, 0.2) is 29.2 Å². The molecule has 0 unspecified atom stereocenters. The van der Waals surface area contributed by atoms with Crippen LogP contribution >= 0.6 is 0 Å². The van der Waals surface area contributed by atoms with Crippen molar-refractivity contribution in [1.82, 2.24) is 15.2 Å². The maximum atomic E-state index is 12.2. The van der Waals surface area contributed by atoms with Crippen molar-refractivity contribution in [2.24, 2.45) is 0 Å². The minimum atomic E-state index is -3.98. The normalized spacial score (nSPS) is 11.1. The highest BCUT2D eigenvalue weighted by Gasteiger charge is 2.23. The molecule has 0 fully saturated rings. The van der Waals surface area contributed by atoms with Gasteiger partial charge in [-0.15, -0.1) is 5.10 Å². The van der Waals surface area contributed by atoms with Crippen molar-refractivity contribution in [2.75, 3.05) is 11.8 Å². The van der Waals surface area contributed by atoms with Crippen LogP contribution in [0.25, 0.3) is 0 Å². The fourth-order valence-corrected chi connectivity index (χ4v) is 2.68. The summed E-state index contributed by atoms with van der Waals surface area (Å²) >= 11 is 0. The molecule has 0 aliphatic carbocycles. The first-order chi connectivity index (χ1) is 9.44. The molecule has 1 aromatic heterocycles. The van der Waals surface area contributed by atoms with E-state index < -0.39 is 16.0 Å². The van der Waals surface area contributed by atoms with Crippen LogP contribution in [0.4, 0.5) is 5.95 Å². The molecule has 2 aromatic rings. The van der Waals surface area contributed by atoms with Gasteiger partial charge in [0, 0.05) is 0 Å². The summed E-state index contributed by atoms with van der Waals surface area (Å²) in [6.45, 7) is 1.63. The maximum Gasteiger partial charge on any atom is 0.339 e. The molecule has 2 rings (SSSR count). The molecular weight excluding hydrogens is 284 g/mol. The van der Waals surface area contributed by atoms with Crippen LogP contribution in [0.5, 0.6) is 0 Å². The predicted octanol–water partition coefficient (Wildman–Crippen LogP) is 0.701. The Hall–Kier alpha value is -2.42. The molecule has 106 valence electrons. The van der Waals surface area contributed by atoms with E-state index in [2.05, 4.69) is 24.6 Å². The number of rotatable bonds is 4. The Morgan fingerprint density at radius 3 is 2.65 bits per heavy atom. The quantitative estimate of drug-likeness (QED) is 0.803. The van der Waals surface area contributed by atoms with E-state index in [1.807, 2.05) is 0 Å². The number of carbonyl (C=O) groups excluding carboxylic acids is 1. The third-order valence-corrected chi connectivity index (χ3v) is 3.79. The van der Waals surface area contributed by atoms with E-state index in [-0.39, 0.29) is 16.4 Å². The number of nitrogens with one attached hydrogen (secondary N) is 2. The molecule has 0 spiro atoms. The predicted molar refractivity (Wildman–Crippen MR) is 69.7 cm³/mol. The number of aryl methyl sites for hydroxylation is 1. The molecule has 0 aliphatic rings. The van der Waals surface area contributed by atoms with Gasteiger partial charge < -0.3 is 4.74 Å². The molecule has 0 saturated heterocycles. The van der Waals surface area contributed by atoms with Gasteiger partial charge in [-0.1, -0.05) is 12.1 Å². The summed E-state index contributed by atoms with van der Waals surface area (Å²) in [5, 5.41) is 6.19. The smallest absolute Gasteiger partial charge is 0.339 e. The number of carbonyl (C=O) groups is 1. The van der Waals surface area contributed by atoms with Crippen molar-refractivity contribution in [3.8, 4) is 0 Å². The lowest BCUT2D eigenvalue weighted by Crippen LogP contribution is -2.18. The molecule has 20 heavy (non-hydrogen) atoms. The fraction of sp³-hybridized carbons (Fsp3) is 0.182.